The van der Waals surface area contributed by atoms with Gasteiger partial charge < -0.3 is 0 Å². The molecule has 0 aliphatic rings. The van der Waals surface area contributed by atoms with E-state index in [1.54, 1.807) is 0 Å². The summed E-state index contributed by atoms with van der Waals surface area (Å²) in [4.78, 5) is 0. The Balaban J connectivity index is -0.000000439. The van der Waals surface area contributed by atoms with Gasteiger partial charge in [-0.2, -0.15) is 0 Å². The highest BCUT2D eigenvalue weighted by Crippen LogP contribution is 2.18. The highest BCUT2D eigenvalue weighted by atomic mass is 14.1. The third-order valence-electron chi connectivity index (χ3n) is 2.76. The molecule has 0 saturated carbocycles. The average Bonchev–Trinajstić information content (AvgIpc) is 2.38. The summed E-state index contributed by atoms with van der Waals surface area (Å²) in [7, 11) is 0. The molecule has 17 heavy (non-hydrogen) atoms. The molecule has 104 valence electrons. The first-order chi connectivity index (χ1) is 8.11. The smallest absolute Gasteiger partial charge is 0.0184 e. The Bertz CT molecular complexity index is 170. The summed E-state index contributed by atoms with van der Waals surface area (Å²) in [6.45, 7) is 20.8. The van der Waals surface area contributed by atoms with Crippen LogP contribution in [0.5, 0.6) is 0 Å². The standard InChI is InChI=1S/C13H24.2C2H6/c1-6-12(5)9-8-10-13(7-2)11(3)4;2*1-2/h11-12H,2,6,8-10H2,1,3-5H3;2*1-2H3. The van der Waals surface area contributed by atoms with Gasteiger partial charge in [0.25, 0.3) is 0 Å². The fourth-order valence-electron chi connectivity index (χ4n) is 1.43. The van der Waals surface area contributed by atoms with Crippen molar-refractivity contribution in [2.24, 2.45) is 11.8 Å². The van der Waals surface area contributed by atoms with Crippen molar-refractivity contribution >= 4 is 0 Å². The van der Waals surface area contributed by atoms with Crippen molar-refractivity contribution in [2.45, 2.75) is 81.1 Å². The second kappa shape index (κ2) is 17.9. The summed E-state index contributed by atoms with van der Waals surface area (Å²) in [6, 6.07) is 0. The predicted molar refractivity (Wildman–Crippen MR) is 83.5 cm³/mol. The first kappa shape index (κ1) is 21.8. The second-order valence-electron chi connectivity index (χ2n) is 4.26. The molecule has 0 aliphatic carbocycles. The minimum atomic E-state index is 0.620. The first-order valence-corrected chi connectivity index (χ1v) is 7.50. The Kier molecular flexibility index (Phi) is 22.9. The number of allylic oxidation sites excluding steroid dienone is 1. The van der Waals surface area contributed by atoms with Crippen LogP contribution in [0.1, 0.15) is 81.1 Å². The average molecular weight is 240 g/mol. The van der Waals surface area contributed by atoms with Crippen LogP contribution in [0.15, 0.2) is 17.9 Å². The van der Waals surface area contributed by atoms with Crippen molar-refractivity contribution in [3.8, 4) is 0 Å². The molecule has 0 N–H and O–H groups in total. The zero-order valence-electron chi connectivity index (χ0n) is 13.7. The lowest BCUT2D eigenvalue weighted by Gasteiger charge is -2.11. The maximum absolute atomic E-state index is 3.74. The monoisotopic (exact) mass is 240 g/mol. The van der Waals surface area contributed by atoms with Crippen LogP contribution in [0.25, 0.3) is 0 Å². The molecule has 0 heteroatoms. The molecule has 0 saturated heterocycles. The van der Waals surface area contributed by atoms with Crippen molar-refractivity contribution in [1.82, 2.24) is 0 Å². The Labute approximate surface area is 111 Å². The Morgan fingerprint density at radius 3 is 1.82 bits per heavy atom. The second-order valence-corrected chi connectivity index (χ2v) is 4.26. The van der Waals surface area contributed by atoms with Crippen molar-refractivity contribution < 1.29 is 0 Å². The molecule has 0 heterocycles. The summed E-state index contributed by atoms with van der Waals surface area (Å²) in [6.07, 6.45) is 5.12. The van der Waals surface area contributed by atoms with Gasteiger partial charge in [-0.1, -0.05) is 74.8 Å². The summed E-state index contributed by atoms with van der Waals surface area (Å²) < 4.78 is 0. The summed E-state index contributed by atoms with van der Waals surface area (Å²) in [5.41, 5.74) is 4.45. The Hall–Kier alpha value is -0.480. The zero-order valence-corrected chi connectivity index (χ0v) is 13.7. The van der Waals surface area contributed by atoms with Gasteiger partial charge >= 0.3 is 0 Å². The van der Waals surface area contributed by atoms with Gasteiger partial charge in [0.05, 0.1) is 0 Å². The van der Waals surface area contributed by atoms with E-state index in [4.69, 9.17) is 0 Å². The van der Waals surface area contributed by atoms with Gasteiger partial charge in [0.15, 0.2) is 0 Å². The zero-order chi connectivity index (χ0) is 14.3. The summed E-state index contributed by atoms with van der Waals surface area (Å²) in [5, 5.41) is 0. The lowest BCUT2D eigenvalue weighted by molar-refractivity contribution is 0.489. The van der Waals surface area contributed by atoms with E-state index in [-0.39, 0.29) is 0 Å². The molecule has 0 fully saturated rings. The van der Waals surface area contributed by atoms with E-state index in [9.17, 15) is 0 Å². The van der Waals surface area contributed by atoms with Gasteiger partial charge in [-0.05, 0) is 30.3 Å². The molecule has 0 rings (SSSR count). The van der Waals surface area contributed by atoms with E-state index in [2.05, 4.69) is 40.0 Å². The fourth-order valence-corrected chi connectivity index (χ4v) is 1.43. The third kappa shape index (κ3) is 15.5. The largest absolute Gasteiger partial charge is 0.129 e. The van der Waals surface area contributed by atoms with Crippen LogP contribution >= 0.6 is 0 Å². The Morgan fingerprint density at radius 1 is 1.06 bits per heavy atom. The van der Waals surface area contributed by atoms with Crippen LogP contribution in [-0.4, -0.2) is 0 Å². The molecule has 0 bridgehead atoms. The van der Waals surface area contributed by atoms with Gasteiger partial charge in [0.2, 0.25) is 0 Å². The summed E-state index contributed by atoms with van der Waals surface area (Å²) >= 11 is 0. The minimum Gasteiger partial charge on any atom is -0.129 e. The van der Waals surface area contributed by atoms with Gasteiger partial charge in [-0.25, -0.2) is 0 Å². The molecule has 1 unspecified atom stereocenters. The van der Waals surface area contributed by atoms with Gasteiger partial charge in [0, 0.05) is 0 Å². The fraction of sp³-hybridized carbons (Fsp3) is 0.824. The van der Waals surface area contributed by atoms with Gasteiger partial charge in [-0.15, -0.1) is 5.73 Å². The summed E-state index contributed by atoms with van der Waals surface area (Å²) in [5.74, 6) is 1.49. The Morgan fingerprint density at radius 2 is 1.53 bits per heavy atom. The van der Waals surface area contributed by atoms with E-state index >= 15 is 0 Å². The lowest BCUT2D eigenvalue weighted by atomic mass is 9.95. The molecular formula is C17H36. The third-order valence-corrected chi connectivity index (χ3v) is 2.76. The molecule has 0 aliphatic heterocycles. The van der Waals surface area contributed by atoms with E-state index in [1.165, 1.54) is 31.3 Å². The molecule has 0 nitrogen and oxygen atoms in total. The molecule has 0 amide bonds. The SMILES string of the molecule is C=C=C(CCCC(C)CC)C(C)C.CC.CC. The molecule has 0 aromatic heterocycles. The van der Waals surface area contributed by atoms with E-state index in [0.717, 1.165) is 5.92 Å². The van der Waals surface area contributed by atoms with E-state index in [0.29, 0.717) is 5.92 Å². The highest BCUT2D eigenvalue weighted by molar-refractivity contribution is 5.01. The maximum Gasteiger partial charge on any atom is -0.0184 e. The normalized spacial score (nSPS) is 10.4. The van der Waals surface area contributed by atoms with Crippen LogP contribution in [0.2, 0.25) is 0 Å². The maximum atomic E-state index is 3.74. The molecule has 0 spiro atoms. The predicted octanol–water partition coefficient (Wildman–Crippen LogP) is 6.62. The molecule has 1 atom stereocenters. The van der Waals surface area contributed by atoms with E-state index < -0.39 is 0 Å². The minimum absolute atomic E-state index is 0.620. The van der Waals surface area contributed by atoms with Crippen LogP contribution in [0.3, 0.4) is 0 Å². The van der Waals surface area contributed by atoms with Crippen LogP contribution in [0, 0.1) is 11.8 Å². The van der Waals surface area contributed by atoms with Crippen molar-refractivity contribution in [2.75, 3.05) is 0 Å². The number of hydrogen-bond acceptors (Lipinski definition) is 0. The molecule has 0 aromatic rings. The molecule has 0 aromatic carbocycles. The van der Waals surface area contributed by atoms with Crippen LogP contribution < -0.4 is 0 Å². The molecule has 0 radical (unpaired) electrons. The number of rotatable bonds is 6. The van der Waals surface area contributed by atoms with Crippen molar-refractivity contribution in [1.29, 1.82) is 0 Å². The van der Waals surface area contributed by atoms with Crippen LogP contribution in [0.4, 0.5) is 0 Å². The van der Waals surface area contributed by atoms with Crippen molar-refractivity contribution in [3.05, 3.63) is 17.9 Å². The first-order valence-electron chi connectivity index (χ1n) is 7.50. The lowest BCUT2D eigenvalue weighted by Crippen LogP contribution is -1.96. The van der Waals surface area contributed by atoms with Gasteiger partial charge in [-0.3, -0.25) is 0 Å². The topological polar surface area (TPSA) is 0 Å². The van der Waals surface area contributed by atoms with Gasteiger partial charge in [0.1, 0.15) is 0 Å². The quantitative estimate of drug-likeness (QED) is 0.457. The molecular weight excluding hydrogens is 204 g/mol. The van der Waals surface area contributed by atoms with E-state index in [1.807, 2.05) is 27.7 Å². The number of hydrogen-bond donors (Lipinski definition) is 0. The van der Waals surface area contributed by atoms with Crippen molar-refractivity contribution in [3.63, 3.8) is 0 Å². The van der Waals surface area contributed by atoms with Crippen LogP contribution in [-0.2, 0) is 0 Å². The highest BCUT2D eigenvalue weighted by Gasteiger charge is 2.03.